The summed E-state index contributed by atoms with van der Waals surface area (Å²) in [5, 5.41) is 2.97. The van der Waals surface area contributed by atoms with Crippen LogP contribution in [0.15, 0.2) is 16.7 Å². The Bertz CT molecular complexity index is 402. The number of furan rings is 1. The molecule has 100 valence electrons. The molecular formula is C14H20ClNO2. The average molecular weight is 270 g/mol. The maximum atomic E-state index is 11.9. The zero-order chi connectivity index (χ0) is 13.0. The van der Waals surface area contributed by atoms with Crippen molar-refractivity contribution >= 4 is 17.5 Å². The standard InChI is InChI=1S/C14H20ClNO2/c1-10-6-7-18-13(10)14(17)16-9-12-5-3-2-4-11(12)8-15/h6-7,11-12H,2-5,8-9H2,1H3,(H,16,17). The van der Waals surface area contributed by atoms with Crippen molar-refractivity contribution in [2.75, 3.05) is 12.4 Å². The van der Waals surface area contributed by atoms with Gasteiger partial charge in [0.2, 0.25) is 0 Å². The summed E-state index contributed by atoms with van der Waals surface area (Å²) in [5.41, 5.74) is 0.880. The predicted octanol–water partition coefficient (Wildman–Crippen LogP) is 3.36. The average Bonchev–Trinajstić information content (AvgIpc) is 2.82. The van der Waals surface area contributed by atoms with Crippen LogP contribution >= 0.6 is 11.6 Å². The molecule has 0 spiro atoms. The van der Waals surface area contributed by atoms with Crippen molar-refractivity contribution < 1.29 is 9.21 Å². The number of hydrogen-bond acceptors (Lipinski definition) is 2. The number of aryl methyl sites for hydroxylation is 1. The lowest BCUT2D eigenvalue weighted by Crippen LogP contribution is -2.35. The Balaban J connectivity index is 1.87. The Morgan fingerprint density at radius 2 is 2.17 bits per heavy atom. The zero-order valence-corrected chi connectivity index (χ0v) is 11.5. The molecule has 1 heterocycles. The SMILES string of the molecule is Cc1ccoc1C(=O)NCC1CCCCC1CCl. The smallest absolute Gasteiger partial charge is 0.287 e. The minimum absolute atomic E-state index is 0.114. The summed E-state index contributed by atoms with van der Waals surface area (Å²) in [6, 6.07) is 1.80. The first-order chi connectivity index (χ1) is 8.72. The van der Waals surface area contributed by atoms with Crippen molar-refractivity contribution in [2.45, 2.75) is 32.6 Å². The van der Waals surface area contributed by atoms with Gasteiger partial charge in [-0.3, -0.25) is 4.79 Å². The summed E-state index contributed by atoms with van der Waals surface area (Å²) in [5.74, 6) is 2.05. The molecule has 1 aliphatic carbocycles. The molecule has 1 saturated carbocycles. The van der Waals surface area contributed by atoms with E-state index in [1.165, 1.54) is 19.3 Å². The summed E-state index contributed by atoms with van der Waals surface area (Å²) in [7, 11) is 0. The molecule has 2 atom stereocenters. The number of nitrogens with one attached hydrogen (secondary N) is 1. The Kier molecular flexibility index (Phi) is 4.70. The first-order valence-corrected chi connectivity index (χ1v) is 7.14. The molecule has 1 amide bonds. The quantitative estimate of drug-likeness (QED) is 0.852. The summed E-state index contributed by atoms with van der Waals surface area (Å²) in [6.45, 7) is 2.58. The van der Waals surface area contributed by atoms with Crippen molar-refractivity contribution in [3.05, 3.63) is 23.7 Å². The molecule has 0 bridgehead atoms. The first kappa shape index (κ1) is 13.5. The third-order valence-corrected chi connectivity index (χ3v) is 4.25. The van der Waals surface area contributed by atoms with Crippen LogP contribution in [0.1, 0.15) is 41.8 Å². The van der Waals surface area contributed by atoms with E-state index in [4.69, 9.17) is 16.0 Å². The van der Waals surface area contributed by atoms with Gasteiger partial charge < -0.3 is 9.73 Å². The van der Waals surface area contributed by atoms with Crippen molar-refractivity contribution in [3.8, 4) is 0 Å². The highest BCUT2D eigenvalue weighted by atomic mass is 35.5. The fourth-order valence-corrected chi connectivity index (χ4v) is 3.07. The van der Waals surface area contributed by atoms with Crippen LogP contribution in [0.25, 0.3) is 0 Å². The van der Waals surface area contributed by atoms with Crippen LogP contribution in [0, 0.1) is 18.8 Å². The largest absolute Gasteiger partial charge is 0.459 e. The third-order valence-electron chi connectivity index (χ3n) is 3.86. The second-order valence-electron chi connectivity index (χ2n) is 5.10. The van der Waals surface area contributed by atoms with Gasteiger partial charge in [-0.05, 0) is 37.7 Å². The Morgan fingerprint density at radius 3 is 2.78 bits per heavy atom. The molecule has 4 heteroatoms. The van der Waals surface area contributed by atoms with Crippen LogP contribution in [0.2, 0.25) is 0 Å². The number of halogens is 1. The minimum Gasteiger partial charge on any atom is -0.459 e. The molecule has 2 rings (SSSR count). The molecule has 0 aromatic carbocycles. The second kappa shape index (κ2) is 6.28. The molecule has 1 aromatic rings. The number of rotatable bonds is 4. The molecule has 3 nitrogen and oxygen atoms in total. The van der Waals surface area contributed by atoms with Crippen molar-refractivity contribution in [1.82, 2.24) is 5.32 Å². The molecule has 1 N–H and O–H groups in total. The van der Waals surface area contributed by atoms with Crippen LogP contribution in [-0.4, -0.2) is 18.3 Å². The second-order valence-corrected chi connectivity index (χ2v) is 5.41. The highest BCUT2D eigenvalue weighted by molar-refractivity contribution is 6.18. The molecule has 1 aromatic heterocycles. The van der Waals surface area contributed by atoms with Gasteiger partial charge in [0.05, 0.1) is 6.26 Å². The number of amides is 1. The molecule has 18 heavy (non-hydrogen) atoms. The first-order valence-electron chi connectivity index (χ1n) is 6.60. The van der Waals surface area contributed by atoms with E-state index in [9.17, 15) is 4.79 Å². The molecule has 0 aliphatic heterocycles. The van der Waals surface area contributed by atoms with Crippen molar-refractivity contribution in [2.24, 2.45) is 11.8 Å². The molecular weight excluding hydrogens is 250 g/mol. The fourth-order valence-electron chi connectivity index (χ4n) is 2.67. The summed E-state index contributed by atoms with van der Waals surface area (Å²) in [4.78, 5) is 11.9. The highest BCUT2D eigenvalue weighted by Crippen LogP contribution is 2.30. The molecule has 1 aliphatic rings. The van der Waals surface area contributed by atoms with Gasteiger partial charge in [-0.15, -0.1) is 11.6 Å². The van der Waals surface area contributed by atoms with E-state index < -0.39 is 0 Å². The predicted molar refractivity (Wildman–Crippen MR) is 71.9 cm³/mol. The minimum atomic E-state index is -0.114. The van der Waals surface area contributed by atoms with Crippen LogP contribution in [0.3, 0.4) is 0 Å². The molecule has 0 saturated heterocycles. The van der Waals surface area contributed by atoms with Crippen LogP contribution in [0.5, 0.6) is 0 Å². The van der Waals surface area contributed by atoms with E-state index in [1.54, 1.807) is 12.3 Å². The van der Waals surface area contributed by atoms with Crippen molar-refractivity contribution in [1.29, 1.82) is 0 Å². The van der Waals surface area contributed by atoms with E-state index >= 15 is 0 Å². The van der Waals surface area contributed by atoms with E-state index in [1.807, 2.05) is 6.92 Å². The van der Waals surface area contributed by atoms with Gasteiger partial charge in [0.1, 0.15) is 0 Å². The maximum Gasteiger partial charge on any atom is 0.287 e. The van der Waals surface area contributed by atoms with Gasteiger partial charge in [0.25, 0.3) is 5.91 Å². The number of alkyl halides is 1. The lowest BCUT2D eigenvalue weighted by atomic mass is 9.80. The third kappa shape index (κ3) is 3.08. The Morgan fingerprint density at radius 1 is 1.44 bits per heavy atom. The van der Waals surface area contributed by atoms with E-state index in [0.717, 1.165) is 12.0 Å². The van der Waals surface area contributed by atoms with Gasteiger partial charge in [0, 0.05) is 18.0 Å². The topological polar surface area (TPSA) is 42.2 Å². The van der Waals surface area contributed by atoms with Gasteiger partial charge in [-0.1, -0.05) is 12.8 Å². The number of carbonyl (C=O) groups excluding carboxylic acids is 1. The maximum absolute atomic E-state index is 11.9. The van der Waals surface area contributed by atoms with Gasteiger partial charge in [-0.25, -0.2) is 0 Å². The lowest BCUT2D eigenvalue weighted by Gasteiger charge is -2.30. The lowest BCUT2D eigenvalue weighted by molar-refractivity contribution is 0.0908. The molecule has 1 fully saturated rings. The summed E-state index contributed by atoms with van der Waals surface area (Å²) < 4.78 is 5.18. The normalized spacial score (nSPS) is 23.9. The van der Waals surface area contributed by atoms with Crippen LogP contribution in [-0.2, 0) is 0 Å². The Labute approximate surface area is 113 Å². The van der Waals surface area contributed by atoms with E-state index in [0.29, 0.717) is 30.0 Å². The Hall–Kier alpha value is -0.960. The zero-order valence-electron chi connectivity index (χ0n) is 10.7. The molecule has 0 radical (unpaired) electrons. The highest BCUT2D eigenvalue weighted by Gasteiger charge is 2.25. The summed E-state index contributed by atoms with van der Waals surface area (Å²) in [6.07, 6.45) is 6.40. The number of hydrogen-bond donors (Lipinski definition) is 1. The van der Waals surface area contributed by atoms with Gasteiger partial charge in [0.15, 0.2) is 5.76 Å². The van der Waals surface area contributed by atoms with Crippen LogP contribution < -0.4 is 5.32 Å². The van der Waals surface area contributed by atoms with Crippen molar-refractivity contribution in [3.63, 3.8) is 0 Å². The molecule has 2 unspecified atom stereocenters. The van der Waals surface area contributed by atoms with E-state index in [-0.39, 0.29) is 5.91 Å². The number of carbonyl (C=O) groups is 1. The summed E-state index contributed by atoms with van der Waals surface area (Å²) >= 11 is 5.98. The van der Waals surface area contributed by atoms with E-state index in [2.05, 4.69) is 5.32 Å². The van der Waals surface area contributed by atoms with Gasteiger partial charge in [-0.2, -0.15) is 0 Å². The van der Waals surface area contributed by atoms with Gasteiger partial charge >= 0.3 is 0 Å². The van der Waals surface area contributed by atoms with Crippen LogP contribution in [0.4, 0.5) is 0 Å². The monoisotopic (exact) mass is 269 g/mol. The fraction of sp³-hybridized carbons (Fsp3) is 0.643.